The van der Waals surface area contributed by atoms with E-state index < -0.39 is 44.1 Å². The fraction of sp³-hybridized carbons (Fsp3) is 0.286. The largest absolute Gasteiger partial charge is 0.465 e. The number of benzene rings is 5. The van der Waals surface area contributed by atoms with Crippen LogP contribution in [0.2, 0.25) is 18.6 Å². The highest BCUT2D eigenvalue weighted by Crippen LogP contribution is 2.26. The Morgan fingerprint density at radius 1 is 0.413 bits per heavy atom. The minimum atomic E-state index is -4.61. The van der Waals surface area contributed by atoms with Crippen molar-refractivity contribution >= 4 is 44.1 Å². The van der Waals surface area contributed by atoms with Crippen LogP contribution in [0.1, 0.15) is 40.7 Å². The maximum atomic E-state index is 14.3. The molecule has 0 amide bonds. The van der Waals surface area contributed by atoms with Gasteiger partial charge in [-0.3, -0.25) is 24.0 Å². The lowest BCUT2D eigenvalue weighted by molar-refractivity contribution is 0.144. The second-order valence-corrected chi connectivity index (χ2v) is 22.8. The highest BCUT2D eigenvalue weighted by molar-refractivity contribution is 7.38. The Balaban J connectivity index is 1.33. The van der Waals surface area contributed by atoms with E-state index in [-0.39, 0.29) is 71.2 Å². The molecular formula is C49H55NO11Si2. The van der Waals surface area contributed by atoms with Crippen LogP contribution >= 0.6 is 0 Å². The first-order valence-corrected chi connectivity index (χ1v) is 25.9. The molecule has 5 aromatic rings. The van der Waals surface area contributed by atoms with Gasteiger partial charge in [0.2, 0.25) is 0 Å². The number of ether oxygens (including phenoxy) is 5. The molecule has 0 radical (unpaired) electrons. The Labute approximate surface area is 370 Å². The SMILES string of the molecule is C[Si](CCCN(CCO)CCC[Si](C(=O)OCc1ccccc1)(C(=O)OCc1ccccc1)C(=O)OCc1ccccc1)(C(=O)OCc1ccccc1)C(=O)OCc1ccccc1. The third kappa shape index (κ3) is 14.4. The fourth-order valence-corrected chi connectivity index (χ4v) is 11.8. The van der Waals surface area contributed by atoms with Gasteiger partial charge in [-0.15, -0.1) is 0 Å². The third-order valence-electron chi connectivity index (χ3n) is 10.6. The fourth-order valence-electron chi connectivity index (χ4n) is 6.85. The monoisotopic (exact) mass is 889 g/mol. The molecule has 0 spiro atoms. The predicted octanol–water partition coefficient (Wildman–Crippen LogP) is 10.2. The number of rotatable bonds is 25. The zero-order valence-electron chi connectivity index (χ0n) is 35.6. The Bertz CT molecular complexity index is 1990. The summed E-state index contributed by atoms with van der Waals surface area (Å²) >= 11 is 0. The van der Waals surface area contributed by atoms with Crippen molar-refractivity contribution in [1.29, 1.82) is 0 Å². The molecule has 12 nitrogen and oxygen atoms in total. The summed E-state index contributed by atoms with van der Waals surface area (Å²) < 4.78 is 28.8. The first-order chi connectivity index (χ1) is 30.6. The van der Waals surface area contributed by atoms with Gasteiger partial charge >= 0.3 is 16.1 Å². The molecule has 14 heteroatoms. The predicted molar refractivity (Wildman–Crippen MR) is 243 cm³/mol. The summed E-state index contributed by atoms with van der Waals surface area (Å²) in [6.07, 6.45) is 0.518. The lowest BCUT2D eigenvalue weighted by Gasteiger charge is -2.28. The number of carbonyl (C=O) groups is 5. The van der Waals surface area contributed by atoms with Crippen LogP contribution in [-0.2, 0) is 56.7 Å². The molecule has 5 aromatic carbocycles. The molecule has 0 bridgehead atoms. The molecule has 0 saturated heterocycles. The van der Waals surface area contributed by atoms with Gasteiger partial charge in [0.25, 0.3) is 28.0 Å². The van der Waals surface area contributed by atoms with Crippen LogP contribution in [-0.4, -0.2) is 80.4 Å². The molecule has 0 aliphatic carbocycles. The van der Waals surface area contributed by atoms with Crippen LogP contribution in [0, 0.1) is 0 Å². The van der Waals surface area contributed by atoms with Crippen LogP contribution < -0.4 is 0 Å². The first-order valence-electron chi connectivity index (χ1n) is 21.0. The number of carbonyl (C=O) groups excluding carboxylic acids is 5. The van der Waals surface area contributed by atoms with E-state index in [0.717, 1.165) is 11.1 Å². The van der Waals surface area contributed by atoms with E-state index in [9.17, 15) is 29.1 Å². The van der Waals surface area contributed by atoms with Crippen molar-refractivity contribution in [3.05, 3.63) is 179 Å². The summed E-state index contributed by atoms with van der Waals surface area (Å²) in [5, 5.41) is 10.1. The average Bonchev–Trinajstić information content (AvgIpc) is 3.33. The Hall–Kier alpha value is -6.20. The molecule has 0 aromatic heterocycles. The minimum Gasteiger partial charge on any atom is -0.465 e. The van der Waals surface area contributed by atoms with Crippen molar-refractivity contribution in [3.63, 3.8) is 0 Å². The summed E-state index contributed by atoms with van der Waals surface area (Å²) in [6.45, 7) is 1.71. The van der Waals surface area contributed by atoms with Crippen molar-refractivity contribution in [3.8, 4) is 0 Å². The first kappa shape index (κ1) is 47.8. The van der Waals surface area contributed by atoms with Crippen LogP contribution in [0.25, 0.3) is 0 Å². The summed E-state index contributed by atoms with van der Waals surface area (Å²) in [5.74, 6) is 0. The highest BCUT2D eigenvalue weighted by atomic mass is 28.3. The van der Waals surface area contributed by atoms with E-state index in [0.29, 0.717) is 29.7 Å². The molecule has 0 fully saturated rings. The van der Waals surface area contributed by atoms with Gasteiger partial charge in [0, 0.05) is 6.54 Å². The summed E-state index contributed by atoms with van der Waals surface area (Å²) in [5.41, 5.74) is -0.527. The number of hydrogen-bond donors (Lipinski definition) is 1. The average molecular weight is 890 g/mol. The quantitative estimate of drug-likeness (QED) is 0.0438. The van der Waals surface area contributed by atoms with Crippen molar-refractivity contribution < 1.29 is 52.8 Å². The highest BCUT2D eigenvalue weighted by Gasteiger charge is 2.62. The maximum absolute atomic E-state index is 14.3. The Morgan fingerprint density at radius 2 is 0.683 bits per heavy atom. The van der Waals surface area contributed by atoms with Gasteiger partial charge in [-0.2, -0.15) is 0 Å². The van der Waals surface area contributed by atoms with E-state index in [1.54, 1.807) is 79.3 Å². The van der Waals surface area contributed by atoms with Gasteiger partial charge in [-0.1, -0.05) is 152 Å². The van der Waals surface area contributed by atoms with Crippen LogP contribution in [0.15, 0.2) is 152 Å². The third-order valence-corrected chi connectivity index (χ3v) is 17.7. The molecule has 0 atom stereocenters. The Morgan fingerprint density at radius 3 is 0.968 bits per heavy atom. The summed E-state index contributed by atoms with van der Waals surface area (Å²) in [6, 6.07) is 45.2. The smallest absolute Gasteiger partial charge is 0.431 e. The molecule has 0 unspecified atom stereocenters. The molecule has 330 valence electrons. The van der Waals surface area contributed by atoms with Crippen molar-refractivity contribution in [1.82, 2.24) is 4.90 Å². The second-order valence-electron chi connectivity index (χ2n) is 15.3. The zero-order valence-corrected chi connectivity index (χ0v) is 37.6. The molecular weight excluding hydrogens is 835 g/mol. The van der Waals surface area contributed by atoms with Crippen molar-refractivity contribution in [2.75, 3.05) is 26.2 Å². The molecule has 63 heavy (non-hydrogen) atoms. The van der Waals surface area contributed by atoms with E-state index >= 15 is 0 Å². The molecule has 5 rings (SSSR count). The van der Waals surface area contributed by atoms with Gasteiger partial charge in [0.05, 0.1) is 6.61 Å². The maximum Gasteiger partial charge on any atom is 0.431 e. The molecule has 0 saturated carbocycles. The van der Waals surface area contributed by atoms with Gasteiger partial charge in [-0.05, 0) is 72.4 Å². The van der Waals surface area contributed by atoms with E-state index in [1.807, 2.05) is 83.8 Å². The van der Waals surface area contributed by atoms with Gasteiger partial charge < -0.3 is 33.7 Å². The summed E-state index contributed by atoms with van der Waals surface area (Å²) in [4.78, 5) is 72.4. The topological polar surface area (TPSA) is 155 Å². The van der Waals surface area contributed by atoms with Crippen LogP contribution in [0.3, 0.4) is 0 Å². The molecule has 0 aliphatic rings. The van der Waals surface area contributed by atoms with Crippen molar-refractivity contribution in [2.45, 2.75) is 64.5 Å². The number of aliphatic hydroxyl groups is 1. The van der Waals surface area contributed by atoms with E-state index in [4.69, 9.17) is 23.7 Å². The van der Waals surface area contributed by atoms with Crippen LogP contribution in [0.4, 0.5) is 24.0 Å². The standard InChI is InChI=1S/C49H55NO11Si2/c1-62(45(52)57-35-40-19-7-2-8-20-40,46(53)58-36-41-21-9-3-10-22-41)33-17-29-50(31-32-51)30-18-34-63(47(54)59-37-42-23-11-4-12-24-42,48(55)60-38-43-25-13-5-14-26-43)49(56)61-39-44-27-15-6-16-28-44/h2-16,19-28,51H,17-18,29-39H2,1H3. The number of aliphatic hydroxyl groups excluding tert-OH is 1. The molecule has 0 heterocycles. The number of hydrogen-bond acceptors (Lipinski definition) is 12. The summed E-state index contributed by atoms with van der Waals surface area (Å²) in [7, 11) is -8.17. The van der Waals surface area contributed by atoms with Gasteiger partial charge in [0.1, 0.15) is 33.0 Å². The van der Waals surface area contributed by atoms with E-state index in [2.05, 4.69) is 0 Å². The van der Waals surface area contributed by atoms with Crippen molar-refractivity contribution in [2.24, 2.45) is 0 Å². The molecule has 0 aliphatic heterocycles. The molecule has 1 N–H and O–H groups in total. The Kier molecular flexibility index (Phi) is 19.0. The minimum absolute atomic E-state index is 0.00581. The second kappa shape index (κ2) is 25.0. The van der Waals surface area contributed by atoms with Gasteiger partial charge in [0.15, 0.2) is 0 Å². The zero-order chi connectivity index (χ0) is 44.8. The lowest BCUT2D eigenvalue weighted by Crippen LogP contribution is -2.60. The lowest BCUT2D eigenvalue weighted by atomic mass is 10.2. The van der Waals surface area contributed by atoms with E-state index in [1.165, 1.54) is 0 Å². The normalized spacial score (nSPS) is 11.3. The van der Waals surface area contributed by atoms with Gasteiger partial charge in [-0.25, -0.2) is 0 Å². The van der Waals surface area contributed by atoms with Crippen LogP contribution in [0.5, 0.6) is 0 Å². The number of nitrogens with zero attached hydrogens (tertiary/aromatic N) is 1.